The number of aromatic nitrogens is 1. The second-order valence-electron chi connectivity index (χ2n) is 7.34. The molecule has 0 radical (unpaired) electrons. The molecule has 146 valence electrons. The summed E-state index contributed by atoms with van der Waals surface area (Å²) < 4.78 is 5.78. The SMILES string of the molecule is CC[C@@H](CN)c1ccc(-c2c(OC)cc(C)c3[nH]c(=O)c4c(c23)CCS4)cc1. The molecular weight excluding hydrogens is 368 g/mol. The van der Waals surface area contributed by atoms with Crippen LogP contribution in [0.15, 0.2) is 40.0 Å². The van der Waals surface area contributed by atoms with Gasteiger partial charge in [-0.2, -0.15) is 0 Å². The van der Waals surface area contributed by atoms with Crippen molar-refractivity contribution in [1.29, 1.82) is 0 Å². The van der Waals surface area contributed by atoms with E-state index in [0.29, 0.717) is 12.5 Å². The van der Waals surface area contributed by atoms with E-state index >= 15 is 0 Å². The number of aromatic amines is 1. The van der Waals surface area contributed by atoms with Crippen LogP contribution in [-0.4, -0.2) is 24.4 Å². The minimum atomic E-state index is 0.0216. The third kappa shape index (κ3) is 3.03. The van der Waals surface area contributed by atoms with E-state index in [4.69, 9.17) is 10.5 Å². The summed E-state index contributed by atoms with van der Waals surface area (Å²) in [5.74, 6) is 2.17. The Hall–Kier alpha value is -2.24. The van der Waals surface area contributed by atoms with Crippen molar-refractivity contribution >= 4 is 22.7 Å². The highest BCUT2D eigenvalue weighted by Gasteiger charge is 2.24. The molecule has 4 rings (SSSR count). The number of ether oxygens (including phenoxy) is 1. The van der Waals surface area contributed by atoms with Crippen LogP contribution in [0.2, 0.25) is 0 Å². The molecule has 0 fully saturated rings. The summed E-state index contributed by atoms with van der Waals surface area (Å²) in [4.78, 5) is 16.5. The number of hydrogen-bond acceptors (Lipinski definition) is 4. The van der Waals surface area contributed by atoms with Gasteiger partial charge in [-0.05, 0) is 60.5 Å². The lowest BCUT2D eigenvalue weighted by Gasteiger charge is -2.18. The minimum Gasteiger partial charge on any atom is -0.496 e. The molecule has 5 heteroatoms. The molecule has 4 nitrogen and oxygen atoms in total. The Kier molecular flexibility index (Phi) is 5.21. The monoisotopic (exact) mass is 394 g/mol. The summed E-state index contributed by atoms with van der Waals surface area (Å²) in [6, 6.07) is 10.7. The van der Waals surface area contributed by atoms with Gasteiger partial charge in [0.25, 0.3) is 5.56 Å². The van der Waals surface area contributed by atoms with Crippen molar-refractivity contribution in [2.24, 2.45) is 5.73 Å². The molecule has 28 heavy (non-hydrogen) atoms. The van der Waals surface area contributed by atoms with E-state index in [0.717, 1.165) is 62.4 Å². The van der Waals surface area contributed by atoms with E-state index in [-0.39, 0.29) is 5.56 Å². The van der Waals surface area contributed by atoms with Gasteiger partial charge in [-0.15, -0.1) is 11.8 Å². The van der Waals surface area contributed by atoms with Gasteiger partial charge in [-0.25, -0.2) is 0 Å². The third-order valence-corrected chi connectivity index (χ3v) is 6.90. The molecule has 3 N–H and O–H groups in total. The van der Waals surface area contributed by atoms with E-state index in [1.54, 1.807) is 18.9 Å². The molecule has 3 aromatic rings. The zero-order valence-electron chi connectivity index (χ0n) is 16.6. The Balaban J connectivity index is 2.00. The van der Waals surface area contributed by atoms with Crippen LogP contribution in [0.4, 0.5) is 0 Å². The van der Waals surface area contributed by atoms with E-state index in [9.17, 15) is 4.79 Å². The smallest absolute Gasteiger partial charge is 0.262 e. The van der Waals surface area contributed by atoms with Crippen molar-refractivity contribution in [3.8, 4) is 16.9 Å². The summed E-state index contributed by atoms with van der Waals surface area (Å²) >= 11 is 1.65. The van der Waals surface area contributed by atoms with E-state index in [2.05, 4.69) is 36.2 Å². The standard InChI is InChI=1S/C23H26N2O2S/c1-4-14(12-24)15-5-7-16(8-6-15)19-18(27-3)11-13(2)21-20(19)17-9-10-28-22(17)23(26)25-21/h5-8,11,14H,4,9-10,12,24H2,1-3H3,(H,25,26)/t14-/m0/s1. The van der Waals surface area contributed by atoms with Crippen LogP contribution >= 0.6 is 11.8 Å². The number of nitrogens with one attached hydrogen (secondary N) is 1. The zero-order chi connectivity index (χ0) is 19.8. The first-order chi connectivity index (χ1) is 13.6. The molecule has 0 unspecified atom stereocenters. The Morgan fingerprint density at radius 3 is 2.68 bits per heavy atom. The van der Waals surface area contributed by atoms with Crippen LogP contribution in [0.1, 0.15) is 36.0 Å². The predicted molar refractivity (Wildman–Crippen MR) is 118 cm³/mol. The first kappa shape index (κ1) is 19.1. The zero-order valence-corrected chi connectivity index (χ0v) is 17.4. The first-order valence-electron chi connectivity index (χ1n) is 9.78. The van der Waals surface area contributed by atoms with Crippen LogP contribution in [0.25, 0.3) is 22.0 Å². The summed E-state index contributed by atoms with van der Waals surface area (Å²) in [7, 11) is 1.71. The van der Waals surface area contributed by atoms with Gasteiger partial charge in [-0.3, -0.25) is 4.79 Å². The lowest BCUT2D eigenvalue weighted by Crippen LogP contribution is -2.11. The van der Waals surface area contributed by atoms with Gasteiger partial charge < -0.3 is 15.5 Å². The summed E-state index contributed by atoms with van der Waals surface area (Å²) in [6.07, 6.45) is 1.93. The maximum atomic E-state index is 12.5. The van der Waals surface area contributed by atoms with Gasteiger partial charge in [0.1, 0.15) is 5.75 Å². The molecule has 0 saturated carbocycles. The van der Waals surface area contributed by atoms with Crippen molar-refractivity contribution in [3.05, 3.63) is 57.4 Å². The quantitative estimate of drug-likeness (QED) is 0.663. The highest BCUT2D eigenvalue weighted by molar-refractivity contribution is 7.99. The summed E-state index contributed by atoms with van der Waals surface area (Å²) in [5.41, 5.74) is 12.5. The first-order valence-corrected chi connectivity index (χ1v) is 10.8. The van der Waals surface area contributed by atoms with Gasteiger partial charge in [-0.1, -0.05) is 31.2 Å². The fourth-order valence-corrected chi connectivity index (χ4v) is 5.30. The number of thioether (sulfide) groups is 1. The number of methoxy groups -OCH3 is 1. The van der Waals surface area contributed by atoms with Gasteiger partial charge in [0.15, 0.2) is 0 Å². The van der Waals surface area contributed by atoms with E-state index in [1.807, 2.05) is 13.0 Å². The molecule has 1 aromatic heterocycles. The lowest BCUT2D eigenvalue weighted by molar-refractivity contribution is 0.416. The largest absolute Gasteiger partial charge is 0.496 e. The molecule has 2 aromatic carbocycles. The molecule has 0 aliphatic carbocycles. The second kappa shape index (κ2) is 7.64. The molecule has 0 bridgehead atoms. The number of fused-ring (bicyclic) bond motifs is 3. The van der Waals surface area contributed by atoms with Gasteiger partial charge in [0, 0.05) is 16.7 Å². The number of benzene rings is 2. The number of hydrogen-bond donors (Lipinski definition) is 2. The number of aryl methyl sites for hydroxylation is 2. The van der Waals surface area contributed by atoms with Crippen molar-refractivity contribution < 1.29 is 4.74 Å². The highest BCUT2D eigenvalue weighted by Crippen LogP contribution is 2.43. The minimum absolute atomic E-state index is 0.0216. The fraction of sp³-hybridized carbons (Fsp3) is 0.348. The molecule has 0 spiro atoms. The van der Waals surface area contributed by atoms with Crippen LogP contribution in [0.3, 0.4) is 0 Å². The van der Waals surface area contributed by atoms with Gasteiger partial charge in [0.05, 0.1) is 17.5 Å². The average molecular weight is 395 g/mol. The number of H-pyrrole nitrogens is 1. The van der Waals surface area contributed by atoms with Crippen LogP contribution < -0.4 is 16.0 Å². The van der Waals surface area contributed by atoms with Crippen LogP contribution in [0, 0.1) is 6.92 Å². The average Bonchev–Trinajstić information content (AvgIpc) is 3.21. The Morgan fingerprint density at radius 1 is 1.29 bits per heavy atom. The fourth-order valence-electron chi connectivity index (χ4n) is 4.22. The Bertz CT molecular complexity index is 1080. The van der Waals surface area contributed by atoms with Crippen molar-refractivity contribution in [3.63, 3.8) is 0 Å². The maximum absolute atomic E-state index is 12.5. The van der Waals surface area contributed by atoms with E-state index in [1.165, 1.54) is 5.56 Å². The predicted octanol–water partition coefficient (Wildman–Crippen LogP) is 4.61. The normalized spacial score (nSPS) is 14.3. The summed E-state index contributed by atoms with van der Waals surface area (Å²) in [5, 5.41) is 1.12. The number of pyridine rings is 1. The van der Waals surface area contributed by atoms with Crippen molar-refractivity contribution in [1.82, 2.24) is 4.98 Å². The molecule has 1 aliphatic rings. The Morgan fingerprint density at radius 2 is 2.04 bits per heavy atom. The van der Waals surface area contributed by atoms with Crippen molar-refractivity contribution in [2.45, 2.75) is 37.5 Å². The van der Waals surface area contributed by atoms with Crippen LogP contribution in [0.5, 0.6) is 5.75 Å². The number of rotatable bonds is 5. The third-order valence-electron chi connectivity index (χ3n) is 5.78. The van der Waals surface area contributed by atoms with Gasteiger partial charge >= 0.3 is 0 Å². The molecular formula is C23H26N2O2S. The second-order valence-corrected chi connectivity index (χ2v) is 8.45. The topological polar surface area (TPSA) is 68.1 Å². The lowest BCUT2D eigenvalue weighted by atomic mass is 9.90. The number of nitrogens with two attached hydrogens (primary N) is 1. The summed E-state index contributed by atoms with van der Waals surface area (Å²) in [6.45, 7) is 4.84. The molecule has 0 amide bonds. The molecule has 2 heterocycles. The Labute approximate surface area is 169 Å². The van der Waals surface area contributed by atoms with Crippen LogP contribution in [-0.2, 0) is 6.42 Å². The van der Waals surface area contributed by atoms with Crippen molar-refractivity contribution in [2.75, 3.05) is 19.4 Å². The molecule has 0 saturated heterocycles. The highest BCUT2D eigenvalue weighted by atomic mass is 32.2. The maximum Gasteiger partial charge on any atom is 0.262 e. The molecule has 1 aliphatic heterocycles. The van der Waals surface area contributed by atoms with E-state index < -0.39 is 0 Å². The molecule has 1 atom stereocenters. The van der Waals surface area contributed by atoms with Gasteiger partial charge in [0.2, 0.25) is 0 Å².